The highest BCUT2D eigenvalue weighted by Gasteiger charge is 2.23. The number of rotatable bonds is 5. The Kier molecular flexibility index (Phi) is 4.65. The highest BCUT2D eigenvalue weighted by Crippen LogP contribution is 2.28. The Labute approximate surface area is 140 Å². The summed E-state index contributed by atoms with van der Waals surface area (Å²) in [5.41, 5.74) is 2.60. The quantitative estimate of drug-likeness (QED) is 0.526. The fraction of sp³-hybridized carbons (Fsp3) is 0.238. The van der Waals surface area contributed by atoms with E-state index in [9.17, 15) is 0 Å². The molecule has 0 aliphatic rings. The third-order valence-corrected chi connectivity index (χ3v) is 4.90. The van der Waals surface area contributed by atoms with Crippen molar-refractivity contribution in [2.24, 2.45) is 0 Å². The van der Waals surface area contributed by atoms with Crippen LogP contribution >= 0.6 is 0 Å². The smallest absolute Gasteiger partial charge is 0.184 e. The van der Waals surface area contributed by atoms with Crippen LogP contribution in [0, 0.1) is 0 Å². The summed E-state index contributed by atoms with van der Waals surface area (Å²) in [4.78, 5) is 0. The zero-order valence-electron chi connectivity index (χ0n) is 14.1. The van der Waals surface area contributed by atoms with Gasteiger partial charge in [-0.15, -0.1) is 0 Å². The fourth-order valence-corrected chi connectivity index (χ4v) is 3.96. The van der Waals surface area contributed by atoms with Crippen molar-refractivity contribution >= 4 is 19.1 Å². The summed E-state index contributed by atoms with van der Waals surface area (Å²) in [5, 5.41) is 2.56. The first kappa shape index (κ1) is 16.0. The van der Waals surface area contributed by atoms with Crippen molar-refractivity contribution in [1.82, 2.24) is 0 Å². The zero-order valence-corrected chi connectivity index (χ0v) is 15.1. The first-order valence-electron chi connectivity index (χ1n) is 8.22. The highest BCUT2D eigenvalue weighted by atomic mass is 28.4. The molecule has 0 aliphatic carbocycles. The van der Waals surface area contributed by atoms with Crippen molar-refractivity contribution in [1.29, 1.82) is 0 Å². The predicted molar refractivity (Wildman–Crippen MR) is 101 cm³/mol. The van der Waals surface area contributed by atoms with Gasteiger partial charge < -0.3 is 4.43 Å². The van der Waals surface area contributed by atoms with Crippen molar-refractivity contribution in [2.45, 2.75) is 32.2 Å². The van der Waals surface area contributed by atoms with Gasteiger partial charge in [-0.25, -0.2) is 0 Å². The molecule has 3 aromatic carbocycles. The monoisotopic (exact) mass is 320 g/mol. The summed E-state index contributed by atoms with van der Waals surface area (Å²) < 4.78 is 6.52. The molecule has 0 radical (unpaired) electrons. The lowest BCUT2D eigenvalue weighted by molar-refractivity contribution is 0.198. The van der Waals surface area contributed by atoms with Crippen molar-refractivity contribution in [3.05, 3.63) is 83.9 Å². The molecule has 0 bridgehead atoms. The number of hydrogen-bond acceptors (Lipinski definition) is 1. The molecule has 0 saturated carbocycles. The van der Waals surface area contributed by atoms with Crippen molar-refractivity contribution < 1.29 is 4.43 Å². The van der Waals surface area contributed by atoms with Crippen LogP contribution in [0.2, 0.25) is 19.6 Å². The van der Waals surface area contributed by atoms with Crippen LogP contribution in [0.15, 0.2) is 72.8 Å². The maximum absolute atomic E-state index is 6.52. The molecule has 0 amide bonds. The lowest BCUT2D eigenvalue weighted by atomic mass is 9.99. The van der Waals surface area contributed by atoms with Crippen molar-refractivity contribution in [3.63, 3.8) is 0 Å². The average molecular weight is 321 g/mol. The second kappa shape index (κ2) is 6.69. The molecule has 118 valence electrons. The molecule has 2 heteroatoms. The minimum atomic E-state index is -1.62. The van der Waals surface area contributed by atoms with Crippen LogP contribution in [0.1, 0.15) is 17.2 Å². The van der Waals surface area contributed by atoms with Crippen molar-refractivity contribution in [2.75, 3.05) is 0 Å². The Hall–Kier alpha value is -1.90. The van der Waals surface area contributed by atoms with Gasteiger partial charge in [-0.2, -0.15) is 0 Å². The second-order valence-electron chi connectivity index (χ2n) is 7.02. The average Bonchev–Trinajstić information content (AvgIpc) is 2.53. The normalized spacial score (nSPS) is 13.2. The summed E-state index contributed by atoms with van der Waals surface area (Å²) in [5.74, 6) is 0. The second-order valence-corrected chi connectivity index (χ2v) is 11.5. The lowest BCUT2D eigenvalue weighted by Crippen LogP contribution is -2.29. The molecule has 0 aromatic heterocycles. The zero-order chi connectivity index (χ0) is 16.3. The fourth-order valence-electron chi connectivity index (χ4n) is 2.89. The largest absolute Gasteiger partial charge is 0.410 e. The molecule has 1 nitrogen and oxygen atoms in total. The van der Waals surface area contributed by atoms with Gasteiger partial charge in [0.2, 0.25) is 0 Å². The highest BCUT2D eigenvalue weighted by molar-refractivity contribution is 6.69. The Bertz CT molecular complexity index is 774. The van der Waals surface area contributed by atoms with Gasteiger partial charge in [0.15, 0.2) is 8.32 Å². The minimum absolute atomic E-state index is 0.119. The minimum Gasteiger partial charge on any atom is -0.410 e. The topological polar surface area (TPSA) is 9.23 Å². The lowest BCUT2D eigenvalue weighted by Gasteiger charge is -2.27. The number of fused-ring (bicyclic) bond motifs is 1. The Morgan fingerprint density at radius 3 is 2.13 bits per heavy atom. The van der Waals surface area contributed by atoms with E-state index in [4.69, 9.17) is 4.43 Å². The molecule has 1 unspecified atom stereocenters. The van der Waals surface area contributed by atoms with Gasteiger partial charge in [0, 0.05) is 6.42 Å². The third-order valence-electron chi connectivity index (χ3n) is 3.91. The van der Waals surface area contributed by atoms with Gasteiger partial charge in [-0.05, 0) is 47.6 Å². The van der Waals surface area contributed by atoms with E-state index in [1.165, 1.54) is 21.9 Å². The first-order valence-corrected chi connectivity index (χ1v) is 11.6. The summed E-state index contributed by atoms with van der Waals surface area (Å²) in [6, 6.07) is 25.8. The number of benzene rings is 3. The molecule has 0 fully saturated rings. The number of hydrogen-bond donors (Lipinski definition) is 0. The van der Waals surface area contributed by atoms with Gasteiger partial charge in [0.25, 0.3) is 0 Å². The van der Waals surface area contributed by atoms with Gasteiger partial charge >= 0.3 is 0 Å². The van der Waals surface area contributed by atoms with Crippen molar-refractivity contribution in [3.8, 4) is 0 Å². The van der Waals surface area contributed by atoms with Gasteiger partial charge in [0.05, 0.1) is 6.10 Å². The van der Waals surface area contributed by atoms with E-state index in [2.05, 4.69) is 92.4 Å². The van der Waals surface area contributed by atoms with Crippen LogP contribution < -0.4 is 0 Å². The Morgan fingerprint density at radius 2 is 1.43 bits per heavy atom. The van der Waals surface area contributed by atoms with E-state index in [1.807, 2.05) is 0 Å². The Balaban J connectivity index is 1.95. The van der Waals surface area contributed by atoms with E-state index >= 15 is 0 Å². The maximum Gasteiger partial charge on any atom is 0.184 e. The summed E-state index contributed by atoms with van der Waals surface area (Å²) in [7, 11) is -1.62. The van der Waals surface area contributed by atoms with Crippen LogP contribution in [-0.2, 0) is 10.8 Å². The molecule has 23 heavy (non-hydrogen) atoms. The summed E-state index contributed by atoms with van der Waals surface area (Å²) >= 11 is 0. The van der Waals surface area contributed by atoms with E-state index in [-0.39, 0.29) is 6.10 Å². The van der Waals surface area contributed by atoms with Crippen LogP contribution in [0.4, 0.5) is 0 Å². The van der Waals surface area contributed by atoms with Crippen LogP contribution in [-0.4, -0.2) is 8.32 Å². The maximum atomic E-state index is 6.52. The molecule has 0 saturated heterocycles. The molecular weight excluding hydrogens is 296 g/mol. The molecule has 0 spiro atoms. The molecule has 0 aliphatic heterocycles. The summed E-state index contributed by atoms with van der Waals surface area (Å²) in [6.45, 7) is 6.77. The van der Waals surface area contributed by atoms with E-state index in [0.29, 0.717) is 0 Å². The standard InChI is InChI=1S/C21H24OSi/c1-23(2,3)22-21(15-17-9-5-4-6-10-17)20-14-13-18-11-7-8-12-19(18)16-20/h4-14,16,21H,15H2,1-3H3. The molecule has 3 aromatic rings. The Morgan fingerprint density at radius 1 is 0.783 bits per heavy atom. The van der Waals surface area contributed by atoms with E-state index in [0.717, 1.165) is 6.42 Å². The van der Waals surface area contributed by atoms with Gasteiger partial charge in [-0.3, -0.25) is 0 Å². The molecule has 1 atom stereocenters. The molecule has 0 N–H and O–H groups in total. The van der Waals surface area contributed by atoms with E-state index in [1.54, 1.807) is 0 Å². The van der Waals surface area contributed by atoms with Crippen LogP contribution in [0.3, 0.4) is 0 Å². The molecule has 0 heterocycles. The first-order chi connectivity index (χ1) is 11.0. The third kappa shape index (κ3) is 4.31. The van der Waals surface area contributed by atoms with Crippen LogP contribution in [0.25, 0.3) is 10.8 Å². The van der Waals surface area contributed by atoms with Gasteiger partial charge in [0.1, 0.15) is 0 Å². The van der Waals surface area contributed by atoms with E-state index < -0.39 is 8.32 Å². The molecular formula is C21H24OSi. The van der Waals surface area contributed by atoms with Crippen LogP contribution in [0.5, 0.6) is 0 Å². The SMILES string of the molecule is C[Si](C)(C)OC(Cc1ccccc1)c1ccc2ccccc2c1. The molecule has 3 rings (SSSR count). The predicted octanol–water partition coefficient (Wildman–Crippen LogP) is 5.98. The summed E-state index contributed by atoms with van der Waals surface area (Å²) in [6.07, 6.45) is 1.04. The van der Waals surface area contributed by atoms with Gasteiger partial charge in [-0.1, -0.05) is 66.7 Å².